The van der Waals surface area contributed by atoms with Crippen LogP contribution in [0.15, 0.2) is 66.7 Å². The predicted octanol–water partition coefficient (Wildman–Crippen LogP) is 6.50. The summed E-state index contributed by atoms with van der Waals surface area (Å²) in [6, 6.07) is 22.6. The molecule has 1 aromatic heterocycles. The van der Waals surface area contributed by atoms with Gasteiger partial charge in [0, 0.05) is 21.7 Å². The number of piperidine rings is 1. The Morgan fingerprint density at radius 2 is 1.63 bits per heavy atom. The minimum atomic E-state index is -0.487. The van der Waals surface area contributed by atoms with Gasteiger partial charge in [-0.3, -0.25) is 4.90 Å². The van der Waals surface area contributed by atoms with Crippen molar-refractivity contribution >= 4 is 21.4 Å². The zero-order valence-corrected chi connectivity index (χ0v) is 20.3. The Hall–Kier alpha value is -3.53. The minimum absolute atomic E-state index is 0.196. The Balaban J connectivity index is 1.42. The number of phenols is 2. The molecule has 3 aromatic carbocycles. The van der Waals surface area contributed by atoms with Gasteiger partial charge in [0.1, 0.15) is 23.9 Å². The van der Waals surface area contributed by atoms with Crippen LogP contribution in [-0.4, -0.2) is 41.4 Å². The Morgan fingerprint density at radius 3 is 2.34 bits per heavy atom. The predicted molar refractivity (Wildman–Crippen MR) is 140 cm³/mol. The monoisotopic (exact) mass is 484 g/mol. The number of hydrogen-bond donors (Lipinski definition) is 2. The van der Waals surface area contributed by atoms with Crippen molar-refractivity contribution in [3.8, 4) is 33.8 Å². The largest absolute Gasteiger partial charge is 0.508 e. The number of phenolic OH excluding ortho intramolecular Hbond substituents is 2. The normalized spacial score (nSPS) is 15.1. The van der Waals surface area contributed by atoms with Gasteiger partial charge >= 0.3 is 0 Å². The Labute approximate surface area is 209 Å². The number of thiophene rings is 1. The van der Waals surface area contributed by atoms with Crippen LogP contribution in [0, 0.1) is 11.3 Å². The molecule has 1 atom stereocenters. The van der Waals surface area contributed by atoms with Crippen molar-refractivity contribution in [2.75, 3.05) is 26.2 Å². The summed E-state index contributed by atoms with van der Waals surface area (Å²) in [6.07, 6.45) is 3.87. The molecule has 1 saturated heterocycles. The number of likely N-dealkylation sites (tertiary alicyclic amines) is 1. The molecule has 5 nitrogen and oxygen atoms in total. The summed E-state index contributed by atoms with van der Waals surface area (Å²) < 4.78 is 6.90. The van der Waals surface area contributed by atoms with Crippen LogP contribution < -0.4 is 4.74 Å². The first-order valence-corrected chi connectivity index (χ1v) is 12.8. The first kappa shape index (κ1) is 23.2. The van der Waals surface area contributed by atoms with Crippen molar-refractivity contribution in [1.82, 2.24) is 4.90 Å². The van der Waals surface area contributed by atoms with Gasteiger partial charge in [-0.15, -0.1) is 11.3 Å². The molecule has 0 spiro atoms. The van der Waals surface area contributed by atoms with Gasteiger partial charge in [-0.25, -0.2) is 0 Å². The number of benzene rings is 3. The van der Waals surface area contributed by atoms with Crippen LogP contribution in [0.3, 0.4) is 0 Å². The fourth-order valence-corrected chi connectivity index (χ4v) is 6.04. The molecule has 4 aromatic rings. The summed E-state index contributed by atoms with van der Waals surface area (Å²) in [7, 11) is 0. The molecule has 0 aliphatic carbocycles. The topological polar surface area (TPSA) is 76.7 Å². The van der Waals surface area contributed by atoms with E-state index in [0.29, 0.717) is 6.61 Å². The third-order valence-corrected chi connectivity index (χ3v) is 7.82. The molecule has 1 aliphatic heterocycles. The van der Waals surface area contributed by atoms with Crippen LogP contribution >= 0.6 is 11.3 Å². The van der Waals surface area contributed by atoms with Crippen LogP contribution in [0.25, 0.3) is 20.5 Å². The highest BCUT2D eigenvalue weighted by atomic mass is 32.1. The van der Waals surface area contributed by atoms with E-state index in [4.69, 9.17) is 4.74 Å². The second-order valence-corrected chi connectivity index (χ2v) is 10.0. The highest BCUT2D eigenvalue weighted by Crippen LogP contribution is 2.45. The molecule has 0 saturated carbocycles. The second-order valence-electron chi connectivity index (χ2n) is 8.95. The summed E-state index contributed by atoms with van der Waals surface area (Å²) >= 11 is 1.54. The third kappa shape index (κ3) is 5.12. The van der Waals surface area contributed by atoms with Crippen LogP contribution in [0.1, 0.15) is 36.3 Å². The Bertz CT molecular complexity index is 1330. The number of nitrogens with zero attached hydrogens (tertiary/aromatic N) is 2. The summed E-state index contributed by atoms with van der Waals surface area (Å²) in [4.78, 5) is 3.41. The zero-order chi connectivity index (χ0) is 24.2. The van der Waals surface area contributed by atoms with Crippen LogP contribution in [0.4, 0.5) is 0 Å². The number of fused-ring (bicyclic) bond motifs is 1. The number of rotatable bonds is 7. The standard InChI is InChI=1S/C29H28N2O3S/c30-19-26(20-6-11-24(12-7-20)34-17-16-31-14-2-1-3-15-31)28-25-13-10-23(33)18-27(25)35-29(28)21-4-8-22(32)9-5-21/h4-13,18,26,32-33H,1-3,14-17H2. The van der Waals surface area contributed by atoms with E-state index < -0.39 is 5.92 Å². The Morgan fingerprint density at radius 1 is 0.914 bits per heavy atom. The van der Waals surface area contributed by atoms with Crippen molar-refractivity contribution < 1.29 is 14.9 Å². The number of aromatic hydroxyl groups is 2. The maximum Gasteiger partial charge on any atom is 0.119 e. The van der Waals surface area contributed by atoms with Crippen LogP contribution in [0.2, 0.25) is 0 Å². The van der Waals surface area contributed by atoms with Crippen molar-refractivity contribution in [2.24, 2.45) is 0 Å². The highest BCUT2D eigenvalue weighted by molar-refractivity contribution is 7.22. The quantitative estimate of drug-likeness (QED) is 0.313. The van der Waals surface area contributed by atoms with Gasteiger partial charge in [-0.05, 0) is 97.0 Å². The molecule has 0 radical (unpaired) electrons. The molecule has 178 valence electrons. The van der Waals surface area contributed by atoms with Crippen molar-refractivity contribution in [3.63, 3.8) is 0 Å². The molecular formula is C29H28N2O3S. The van der Waals surface area contributed by atoms with Crippen molar-refractivity contribution in [2.45, 2.75) is 25.2 Å². The van der Waals surface area contributed by atoms with Gasteiger partial charge in [-0.2, -0.15) is 5.26 Å². The molecule has 35 heavy (non-hydrogen) atoms. The number of nitriles is 1. The molecule has 1 unspecified atom stereocenters. The summed E-state index contributed by atoms with van der Waals surface area (Å²) in [5.41, 5.74) is 2.73. The number of hydrogen-bond acceptors (Lipinski definition) is 6. The SMILES string of the molecule is N#CC(c1ccc(OCCN2CCCCC2)cc1)c1c(-c2ccc(O)cc2)sc2cc(O)ccc12. The molecule has 1 aliphatic rings. The van der Waals surface area contributed by atoms with Gasteiger partial charge < -0.3 is 14.9 Å². The van der Waals surface area contributed by atoms with E-state index in [1.165, 1.54) is 19.3 Å². The lowest BCUT2D eigenvalue weighted by Crippen LogP contribution is -2.33. The van der Waals surface area contributed by atoms with E-state index in [9.17, 15) is 15.5 Å². The summed E-state index contributed by atoms with van der Waals surface area (Å²) in [5, 5.41) is 31.0. The second kappa shape index (κ2) is 10.4. The number of ether oxygens (including phenoxy) is 1. The third-order valence-electron chi connectivity index (χ3n) is 6.60. The fourth-order valence-electron chi connectivity index (χ4n) is 4.76. The van der Waals surface area contributed by atoms with E-state index in [2.05, 4.69) is 11.0 Å². The molecule has 2 heterocycles. The molecule has 2 N–H and O–H groups in total. The van der Waals surface area contributed by atoms with Crippen molar-refractivity contribution in [3.05, 3.63) is 77.9 Å². The first-order chi connectivity index (χ1) is 17.1. The average Bonchev–Trinajstić information content (AvgIpc) is 3.25. The molecule has 6 heteroatoms. The maximum atomic E-state index is 10.3. The summed E-state index contributed by atoms with van der Waals surface area (Å²) in [5.74, 6) is 0.713. The van der Waals surface area contributed by atoms with Gasteiger partial charge in [0.2, 0.25) is 0 Å². The zero-order valence-electron chi connectivity index (χ0n) is 19.5. The molecule has 1 fully saturated rings. The Kier molecular flexibility index (Phi) is 6.89. The average molecular weight is 485 g/mol. The lowest BCUT2D eigenvalue weighted by molar-refractivity contribution is 0.183. The maximum absolute atomic E-state index is 10.3. The lowest BCUT2D eigenvalue weighted by atomic mass is 9.89. The van der Waals surface area contributed by atoms with E-state index >= 15 is 0 Å². The smallest absolute Gasteiger partial charge is 0.119 e. The van der Waals surface area contributed by atoms with Gasteiger partial charge in [0.05, 0.1) is 12.0 Å². The fraction of sp³-hybridized carbons (Fsp3) is 0.276. The highest BCUT2D eigenvalue weighted by Gasteiger charge is 2.24. The van der Waals surface area contributed by atoms with E-state index in [0.717, 1.165) is 57.0 Å². The van der Waals surface area contributed by atoms with Gasteiger partial charge in [-0.1, -0.05) is 18.6 Å². The van der Waals surface area contributed by atoms with E-state index in [1.807, 2.05) is 42.5 Å². The van der Waals surface area contributed by atoms with Crippen molar-refractivity contribution in [1.29, 1.82) is 5.26 Å². The lowest BCUT2D eigenvalue weighted by Gasteiger charge is -2.26. The first-order valence-electron chi connectivity index (χ1n) is 12.0. The van der Waals surface area contributed by atoms with Gasteiger partial charge in [0.25, 0.3) is 0 Å². The molecule has 0 bridgehead atoms. The van der Waals surface area contributed by atoms with E-state index in [-0.39, 0.29) is 11.5 Å². The molecule has 5 rings (SSSR count). The van der Waals surface area contributed by atoms with Gasteiger partial charge in [0.15, 0.2) is 0 Å². The molecule has 0 amide bonds. The van der Waals surface area contributed by atoms with Crippen LogP contribution in [-0.2, 0) is 0 Å². The molecular weight excluding hydrogens is 456 g/mol. The summed E-state index contributed by atoms with van der Waals surface area (Å²) in [6.45, 7) is 3.90. The van der Waals surface area contributed by atoms with E-state index in [1.54, 1.807) is 35.6 Å². The van der Waals surface area contributed by atoms with Crippen LogP contribution in [0.5, 0.6) is 17.2 Å². The minimum Gasteiger partial charge on any atom is -0.508 e.